The molecule has 0 saturated heterocycles. The molecule has 1 aliphatic rings. The predicted molar refractivity (Wildman–Crippen MR) is 69.6 cm³/mol. The summed E-state index contributed by atoms with van der Waals surface area (Å²) >= 11 is 0. The topological polar surface area (TPSA) is 12.0 Å². The van der Waals surface area contributed by atoms with Crippen LogP contribution in [-0.4, -0.2) is 6.04 Å². The Labute approximate surface area is 99.3 Å². The number of nitrogens with one attached hydrogen (secondary N) is 1. The lowest BCUT2D eigenvalue weighted by Crippen LogP contribution is -2.33. The van der Waals surface area contributed by atoms with Crippen LogP contribution >= 0.6 is 0 Å². The molecule has 0 radical (unpaired) electrons. The molecule has 0 spiro atoms. The summed E-state index contributed by atoms with van der Waals surface area (Å²) in [7, 11) is 0. The van der Waals surface area contributed by atoms with E-state index in [0.29, 0.717) is 6.04 Å². The van der Waals surface area contributed by atoms with Crippen molar-refractivity contribution in [2.75, 3.05) is 0 Å². The summed E-state index contributed by atoms with van der Waals surface area (Å²) in [5, 5.41) is 3.75. The second-order valence-electron chi connectivity index (χ2n) is 5.13. The minimum absolute atomic E-state index is 0.490. The van der Waals surface area contributed by atoms with E-state index in [2.05, 4.69) is 43.4 Å². The molecular weight excluding hydrogens is 194 g/mol. The Bertz CT molecular complexity index is 309. The van der Waals surface area contributed by atoms with Crippen LogP contribution < -0.4 is 5.32 Å². The number of hydrogen-bond donors (Lipinski definition) is 1. The van der Waals surface area contributed by atoms with Crippen LogP contribution in [-0.2, 0) is 0 Å². The summed E-state index contributed by atoms with van der Waals surface area (Å²) in [6.45, 7) is 4.42. The zero-order chi connectivity index (χ0) is 11.4. The Morgan fingerprint density at radius 1 is 1.06 bits per heavy atom. The van der Waals surface area contributed by atoms with Gasteiger partial charge in [0.25, 0.3) is 0 Å². The van der Waals surface area contributed by atoms with E-state index in [-0.39, 0.29) is 0 Å². The van der Waals surface area contributed by atoms with Crippen molar-refractivity contribution in [2.45, 2.75) is 58.0 Å². The molecule has 1 nitrogen and oxygen atoms in total. The third kappa shape index (κ3) is 3.08. The summed E-state index contributed by atoms with van der Waals surface area (Å²) in [5.74, 6) is 0. The van der Waals surface area contributed by atoms with E-state index in [1.165, 1.54) is 43.2 Å². The third-order valence-electron chi connectivity index (χ3n) is 3.67. The normalized spacial score (nSPS) is 19.6. The first-order chi connectivity index (χ1) is 7.75. The van der Waals surface area contributed by atoms with Gasteiger partial charge >= 0.3 is 0 Å². The molecular formula is C15H23N. The molecule has 0 unspecified atom stereocenters. The van der Waals surface area contributed by atoms with Crippen LogP contribution in [0.1, 0.15) is 56.2 Å². The van der Waals surface area contributed by atoms with Gasteiger partial charge in [0.2, 0.25) is 0 Å². The number of benzene rings is 1. The van der Waals surface area contributed by atoms with E-state index in [1.807, 2.05) is 0 Å². The maximum Gasteiger partial charge on any atom is 0.0294 e. The largest absolute Gasteiger partial charge is 0.307 e. The lowest BCUT2D eigenvalue weighted by atomic mass is 9.94. The fraction of sp³-hybridized carbons (Fsp3) is 0.600. The number of aryl methyl sites for hydroxylation is 1. The van der Waals surface area contributed by atoms with Crippen LogP contribution in [0.4, 0.5) is 0 Å². The van der Waals surface area contributed by atoms with Crippen molar-refractivity contribution in [3.63, 3.8) is 0 Å². The number of hydrogen-bond acceptors (Lipinski definition) is 1. The van der Waals surface area contributed by atoms with Crippen LogP contribution in [0, 0.1) is 6.92 Å². The van der Waals surface area contributed by atoms with Gasteiger partial charge in [-0.3, -0.25) is 0 Å². The summed E-state index contributed by atoms with van der Waals surface area (Å²) < 4.78 is 0. The third-order valence-corrected chi connectivity index (χ3v) is 3.67. The van der Waals surface area contributed by atoms with Crippen LogP contribution in [0.2, 0.25) is 0 Å². The Morgan fingerprint density at radius 3 is 2.31 bits per heavy atom. The summed E-state index contributed by atoms with van der Waals surface area (Å²) in [6.07, 6.45) is 6.94. The molecule has 1 atom stereocenters. The molecule has 1 aromatic carbocycles. The SMILES string of the molecule is Cc1ccc([C@H](C)NC2CCCCC2)cc1. The number of rotatable bonds is 3. The molecule has 0 aliphatic heterocycles. The lowest BCUT2D eigenvalue weighted by molar-refractivity contribution is 0.347. The molecule has 0 bridgehead atoms. The van der Waals surface area contributed by atoms with Crippen LogP contribution in [0.3, 0.4) is 0 Å². The van der Waals surface area contributed by atoms with Gasteiger partial charge in [-0.15, -0.1) is 0 Å². The van der Waals surface area contributed by atoms with Crippen LogP contribution in [0.25, 0.3) is 0 Å². The predicted octanol–water partition coefficient (Wildman–Crippen LogP) is 3.98. The first kappa shape index (κ1) is 11.7. The van der Waals surface area contributed by atoms with Gasteiger partial charge in [0, 0.05) is 12.1 Å². The molecule has 0 amide bonds. The second-order valence-corrected chi connectivity index (χ2v) is 5.13. The molecule has 0 aromatic heterocycles. The zero-order valence-corrected chi connectivity index (χ0v) is 10.5. The average Bonchev–Trinajstić information content (AvgIpc) is 2.31. The van der Waals surface area contributed by atoms with E-state index in [4.69, 9.17) is 0 Å². The lowest BCUT2D eigenvalue weighted by Gasteiger charge is -2.26. The highest BCUT2D eigenvalue weighted by atomic mass is 14.9. The Kier molecular flexibility index (Phi) is 4.00. The van der Waals surface area contributed by atoms with E-state index in [0.717, 1.165) is 6.04 Å². The van der Waals surface area contributed by atoms with Gasteiger partial charge in [-0.2, -0.15) is 0 Å². The molecule has 1 fully saturated rings. The molecule has 1 aromatic rings. The van der Waals surface area contributed by atoms with Gasteiger partial charge in [-0.25, -0.2) is 0 Å². The highest BCUT2D eigenvalue weighted by Crippen LogP contribution is 2.21. The average molecular weight is 217 g/mol. The summed E-state index contributed by atoms with van der Waals surface area (Å²) in [5.41, 5.74) is 2.75. The van der Waals surface area contributed by atoms with Crippen molar-refractivity contribution < 1.29 is 0 Å². The van der Waals surface area contributed by atoms with Crippen LogP contribution in [0.15, 0.2) is 24.3 Å². The van der Waals surface area contributed by atoms with Gasteiger partial charge in [-0.05, 0) is 32.3 Å². The van der Waals surface area contributed by atoms with E-state index in [9.17, 15) is 0 Å². The maximum atomic E-state index is 3.75. The van der Waals surface area contributed by atoms with E-state index in [1.54, 1.807) is 0 Å². The van der Waals surface area contributed by atoms with Crippen LogP contribution in [0.5, 0.6) is 0 Å². The first-order valence-corrected chi connectivity index (χ1v) is 6.58. The minimum Gasteiger partial charge on any atom is -0.307 e. The standard InChI is InChI=1S/C15H23N/c1-12-8-10-14(11-9-12)13(2)16-15-6-4-3-5-7-15/h8-11,13,15-16H,3-7H2,1-2H3/t13-/m0/s1. The Morgan fingerprint density at radius 2 is 1.69 bits per heavy atom. The molecule has 0 heterocycles. The van der Waals surface area contributed by atoms with Crippen molar-refractivity contribution >= 4 is 0 Å². The van der Waals surface area contributed by atoms with E-state index < -0.39 is 0 Å². The molecule has 1 N–H and O–H groups in total. The van der Waals surface area contributed by atoms with Crippen molar-refractivity contribution in [3.05, 3.63) is 35.4 Å². The fourth-order valence-electron chi connectivity index (χ4n) is 2.57. The van der Waals surface area contributed by atoms with Gasteiger partial charge in [-0.1, -0.05) is 49.1 Å². The molecule has 1 aliphatic carbocycles. The van der Waals surface area contributed by atoms with Gasteiger partial charge in [0.15, 0.2) is 0 Å². The summed E-state index contributed by atoms with van der Waals surface area (Å²) in [4.78, 5) is 0. The summed E-state index contributed by atoms with van der Waals surface area (Å²) in [6, 6.07) is 10.1. The van der Waals surface area contributed by atoms with Crippen molar-refractivity contribution in [1.82, 2.24) is 5.32 Å². The Balaban J connectivity index is 1.91. The quantitative estimate of drug-likeness (QED) is 0.807. The first-order valence-electron chi connectivity index (χ1n) is 6.58. The van der Waals surface area contributed by atoms with Gasteiger partial charge in [0.05, 0.1) is 0 Å². The maximum absolute atomic E-state index is 3.75. The van der Waals surface area contributed by atoms with Gasteiger partial charge < -0.3 is 5.32 Å². The highest BCUT2D eigenvalue weighted by Gasteiger charge is 2.15. The fourth-order valence-corrected chi connectivity index (χ4v) is 2.57. The van der Waals surface area contributed by atoms with E-state index >= 15 is 0 Å². The molecule has 1 saturated carbocycles. The smallest absolute Gasteiger partial charge is 0.0294 e. The Hall–Kier alpha value is -0.820. The van der Waals surface area contributed by atoms with Crippen molar-refractivity contribution in [2.24, 2.45) is 0 Å². The minimum atomic E-state index is 0.490. The second kappa shape index (κ2) is 5.49. The zero-order valence-electron chi connectivity index (χ0n) is 10.5. The van der Waals surface area contributed by atoms with Gasteiger partial charge in [0.1, 0.15) is 0 Å². The highest BCUT2D eigenvalue weighted by molar-refractivity contribution is 5.23. The molecule has 88 valence electrons. The monoisotopic (exact) mass is 217 g/mol. The van der Waals surface area contributed by atoms with Crippen molar-refractivity contribution in [3.8, 4) is 0 Å². The van der Waals surface area contributed by atoms with Crippen molar-refractivity contribution in [1.29, 1.82) is 0 Å². The molecule has 16 heavy (non-hydrogen) atoms. The molecule has 1 heteroatoms. The molecule has 2 rings (SSSR count).